The van der Waals surface area contributed by atoms with Crippen molar-refractivity contribution in [3.05, 3.63) is 22.2 Å². The summed E-state index contributed by atoms with van der Waals surface area (Å²) >= 11 is 0. The van der Waals surface area contributed by atoms with Crippen molar-refractivity contribution < 1.29 is 10.0 Å². The van der Waals surface area contributed by atoms with Crippen molar-refractivity contribution >= 4 is 17.3 Å². The summed E-state index contributed by atoms with van der Waals surface area (Å²) in [5.74, 6) is 1.04. The van der Waals surface area contributed by atoms with Gasteiger partial charge in [0.2, 0.25) is 0 Å². The van der Waals surface area contributed by atoms with Crippen LogP contribution in [0.5, 0.6) is 0 Å². The second kappa shape index (κ2) is 4.77. The van der Waals surface area contributed by atoms with Crippen LogP contribution in [0.4, 0.5) is 17.3 Å². The Morgan fingerprint density at radius 1 is 1.61 bits per heavy atom. The van der Waals surface area contributed by atoms with Crippen molar-refractivity contribution in [2.75, 3.05) is 24.2 Å². The van der Waals surface area contributed by atoms with Crippen LogP contribution in [0, 0.1) is 16.0 Å². The van der Waals surface area contributed by atoms with E-state index in [1.54, 1.807) is 0 Å². The number of pyridine rings is 1. The normalized spacial score (nSPS) is 22.3. The number of aliphatic hydroxyl groups excluding tert-OH is 1. The minimum absolute atomic E-state index is 0.0574. The molecule has 7 nitrogen and oxygen atoms in total. The first-order chi connectivity index (χ1) is 8.45. The molecule has 1 aromatic heterocycles. The smallest absolute Gasteiger partial charge is 0.276 e. The van der Waals surface area contributed by atoms with Gasteiger partial charge in [0.1, 0.15) is 11.6 Å². The van der Waals surface area contributed by atoms with Crippen LogP contribution in [0.15, 0.2) is 12.1 Å². The summed E-state index contributed by atoms with van der Waals surface area (Å²) in [5.41, 5.74) is 5.49. The van der Waals surface area contributed by atoms with E-state index in [4.69, 9.17) is 5.73 Å². The predicted molar refractivity (Wildman–Crippen MR) is 67.3 cm³/mol. The Morgan fingerprint density at radius 3 is 2.83 bits per heavy atom. The molecule has 1 aliphatic carbocycles. The molecule has 0 saturated heterocycles. The van der Waals surface area contributed by atoms with Crippen molar-refractivity contribution in [2.24, 2.45) is 5.92 Å². The van der Waals surface area contributed by atoms with Gasteiger partial charge < -0.3 is 15.7 Å². The van der Waals surface area contributed by atoms with Crippen LogP contribution in [0.25, 0.3) is 0 Å². The van der Waals surface area contributed by atoms with Gasteiger partial charge in [0, 0.05) is 13.6 Å². The lowest BCUT2D eigenvalue weighted by Gasteiger charge is -2.34. The van der Waals surface area contributed by atoms with Crippen LogP contribution in [0.1, 0.15) is 12.8 Å². The molecular formula is C11H16N4O3. The minimum atomic E-state index is -0.484. The van der Waals surface area contributed by atoms with Gasteiger partial charge in [-0.1, -0.05) is 0 Å². The van der Waals surface area contributed by atoms with Gasteiger partial charge in [-0.2, -0.15) is 0 Å². The molecule has 0 atom stereocenters. The first-order valence-corrected chi connectivity index (χ1v) is 5.77. The molecule has 2 rings (SSSR count). The van der Waals surface area contributed by atoms with E-state index in [0.29, 0.717) is 18.3 Å². The third-order valence-electron chi connectivity index (χ3n) is 3.16. The van der Waals surface area contributed by atoms with Crippen molar-refractivity contribution in [2.45, 2.75) is 18.9 Å². The maximum atomic E-state index is 10.7. The Bertz CT molecular complexity index is 460. The standard InChI is InChI=1S/C11H16N4O3/c1-14(6-7-2-9(16)3-7)11-5-8(15(17)18)4-10(12)13-11/h4-5,7,9,16H,2-3,6H2,1H3,(H2,12,13). The summed E-state index contributed by atoms with van der Waals surface area (Å²) in [6.45, 7) is 0.713. The average Bonchev–Trinajstić information content (AvgIpc) is 2.26. The van der Waals surface area contributed by atoms with Crippen LogP contribution in [0.2, 0.25) is 0 Å². The molecule has 1 aliphatic rings. The second-order valence-corrected chi connectivity index (χ2v) is 4.74. The fourth-order valence-corrected chi connectivity index (χ4v) is 2.15. The van der Waals surface area contributed by atoms with Gasteiger partial charge in [-0.05, 0) is 18.8 Å². The summed E-state index contributed by atoms with van der Waals surface area (Å²) < 4.78 is 0. The van der Waals surface area contributed by atoms with E-state index in [1.165, 1.54) is 12.1 Å². The number of aliphatic hydroxyl groups is 1. The zero-order chi connectivity index (χ0) is 13.3. The van der Waals surface area contributed by atoms with E-state index in [9.17, 15) is 15.2 Å². The number of aromatic nitrogens is 1. The Hall–Kier alpha value is -1.89. The topological polar surface area (TPSA) is 106 Å². The first kappa shape index (κ1) is 12.6. The molecule has 98 valence electrons. The summed E-state index contributed by atoms with van der Waals surface area (Å²) in [4.78, 5) is 16.2. The SMILES string of the molecule is CN(CC1CC(O)C1)c1cc([N+](=O)[O-])cc(N)n1. The second-order valence-electron chi connectivity index (χ2n) is 4.74. The Kier molecular flexibility index (Phi) is 3.33. The third kappa shape index (κ3) is 2.67. The molecule has 1 aromatic rings. The van der Waals surface area contributed by atoms with Gasteiger partial charge in [0.25, 0.3) is 5.69 Å². The highest BCUT2D eigenvalue weighted by molar-refractivity contribution is 5.53. The zero-order valence-corrected chi connectivity index (χ0v) is 10.1. The van der Waals surface area contributed by atoms with Gasteiger partial charge in [-0.3, -0.25) is 10.1 Å². The van der Waals surface area contributed by atoms with Gasteiger partial charge >= 0.3 is 0 Å². The quantitative estimate of drug-likeness (QED) is 0.606. The summed E-state index contributed by atoms with van der Waals surface area (Å²) in [5, 5.41) is 20.0. The van der Waals surface area contributed by atoms with E-state index < -0.39 is 4.92 Å². The zero-order valence-electron chi connectivity index (χ0n) is 10.1. The van der Waals surface area contributed by atoms with Crippen molar-refractivity contribution in [1.29, 1.82) is 0 Å². The molecule has 1 saturated carbocycles. The molecule has 0 amide bonds. The lowest BCUT2D eigenvalue weighted by atomic mass is 9.82. The van der Waals surface area contributed by atoms with Crippen molar-refractivity contribution in [1.82, 2.24) is 4.98 Å². The third-order valence-corrected chi connectivity index (χ3v) is 3.16. The molecule has 0 aromatic carbocycles. The van der Waals surface area contributed by atoms with Crippen LogP contribution in [0.3, 0.4) is 0 Å². The maximum absolute atomic E-state index is 10.7. The van der Waals surface area contributed by atoms with E-state index in [2.05, 4.69) is 4.98 Å². The average molecular weight is 252 g/mol. The summed E-state index contributed by atoms with van der Waals surface area (Å²) in [6.07, 6.45) is 1.34. The number of rotatable bonds is 4. The largest absolute Gasteiger partial charge is 0.393 e. The van der Waals surface area contributed by atoms with Crippen LogP contribution in [-0.2, 0) is 0 Å². The number of nitrogens with zero attached hydrogens (tertiary/aromatic N) is 3. The molecule has 0 unspecified atom stereocenters. The molecule has 0 aliphatic heterocycles. The molecule has 1 fully saturated rings. The number of nitrogen functional groups attached to an aromatic ring is 1. The van der Waals surface area contributed by atoms with Crippen LogP contribution < -0.4 is 10.6 Å². The number of nitro groups is 1. The number of hydrogen-bond acceptors (Lipinski definition) is 6. The van der Waals surface area contributed by atoms with Gasteiger partial charge in [-0.25, -0.2) is 4.98 Å². The first-order valence-electron chi connectivity index (χ1n) is 5.77. The lowest BCUT2D eigenvalue weighted by molar-refractivity contribution is -0.384. The molecule has 7 heteroatoms. The molecule has 0 bridgehead atoms. The molecule has 18 heavy (non-hydrogen) atoms. The highest BCUT2D eigenvalue weighted by Gasteiger charge is 2.28. The van der Waals surface area contributed by atoms with Crippen LogP contribution >= 0.6 is 0 Å². The fourth-order valence-electron chi connectivity index (χ4n) is 2.15. The molecular weight excluding hydrogens is 236 g/mol. The minimum Gasteiger partial charge on any atom is -0.393 e. The number of nitrogens with two attached hydrogens (primary N) is 1. The van der Waals surface area contributed by atoms with E-state index in [0.717, 1.165) is 12.8 Å². The Balaban J connectivity index is 2.09. The van der Waals surface area contributed by atoms with Crippen molar-refractivity contribution in [3.8, 4) is 0 Å². The summed E-state index contributed by atoms with van der Waals surface area (Å²) in [7, 11) is 1.82. The predicted octanol–water partition coefficient (Wildman–Crippen LogP) is 0.779. The van der Waals surface area contributed by atoms with E-state index in [-0.39, 0.29) is 17.6 Å². The molecule has 0 spiro atoms. The summed E-state index contributed by atoms with van der Waals surface area (Å²) in [6, 6.07) is 2.65. The Labute approximate surface area is 104 Å². The molecule has 1 heterocycles. The van der Waals surface area contributed by atoms with E-state index in [1.807, 2.05) is 11.9 Å². The van der Waals surface area contributed by atoms with Gasteiger partial charge in [0.05, 0.1) is 23.2 Å². The van der Waals surface area contributed by atoms with Crippen molar-refractivity contribution in [3.63, 3.8) is 0 Å². The van der Waals surface area contributed by atoms with E-state index >= 15 is 0 Å². The maximum Gasteiger partial charge on any atom is 0.276 e. The number of anilines is 2. The monoisotopic (exact) mass is 252 g/mol. The lowest BCUT2D eigenvalue weighted by Crippen LogP contribution is -2.37. The number of hydrogen-bond donors (Lipinski definition) is 2. The molecule has 0 radical (unpaired) electrons. The van der Waals surface area contributed by atoms with Gasteiger partial charge in [-0.15, -0.1) is 0 Å². The van der Waals surface area contributed by atoms with Gasteiger partial charge in [0.15, 0.2) is 0 Å². The fraction of sp³-hybridized carbons (Fsp3) is 0.545. The molecule has 3 N–H and O–H groups in total. The highest BCUT2D eigenvalue weighted by atomic mass is 16.6. The highest BCUT2D eigenvalue weighted by Crippen LogP contribution is 2.29. The Morgan fingerprint density at radius 2 is 2.28 bits per heavy atom. The van der Waals surface area contributed by atoms with Crippen LogP contribution in [-0.4, -0.2) is 34.7 Å².